The molecule has 3 rings (SSSR count). The first-order valence-electron chi connectivity index (χ1n) is 8.61. The molecular weight excluding hydrogens is 366 g/mol. The second kappa shape index (κ2) is 7.96. The number of carboxylic acid groups (broad SMARTS) is 1. The molecule has 0 saturated carbocycles. The largest absolute Gasteiger partial charge is 0.505 e. The third-order valence-electron chi connectivity index (χ3n) is 3.90. The number of carbonyl (C=O) groups is 1. The van der Waals surface area contributed by atoms with Crippen LogP contribution in [0.2, 0.25) is 5.02 Å². The molecule has 0 aliphatic heterocycles. The van der Waals surface area contributed by atoms with Gasteiger partial charge < -0.3 is 10.2 Å². The molecule has 0 atom stereocenters. The molecule has 27 heavy (non-hydrogen) atoms. The van der Waals surface area contributed by atoms with Crippen LogP contribution in [0.4, 0.5) is 0 Å². The Kier molecular flexibility index (Phi) is 6.11. The monoisotopic (exact) mass is 389 g/mol. The minimum atomic E-state index is -0.745. The van der Waals surface area contributed by atoms with Gasteiger partial charge in [-0.25, -0.2) is 0 Å². The molecule has 0 fully saturated rings. The number of fused-ring (bicyclic) bond motifs is 1. The molecule has 6 nitrogen and oxygen atoms in total. The zero-order chi connectivity index (χ0) is 20.4. The summed E-state index contributed by atoms with van der Waals surface area (Å²) in [5.41, 5.74) is 3.78. The number of nitrogens with zero attached hydrogens (tertiary/aromatic N) is 3. The van der Waals surface area contributed by atoms with Gasteiger partial charge in [-0.15, -0.1) is 15.0 Å². The van der Waals surface area contributed by atoms with Crippen molar-refractivity contribution in [2.45, 2.75) is 46.5 Å². The zero-order valence-corrected chi connectivity index (χ0v) is 16.9. The van der Waals surface area contributed by atoms with E-state index in [4.69, 9.17) is 16.7 Å². The van der Waals surface area contributed by atoms with Gasteiger partial charge in [0.05, 0.1) is 0 Å². The van der Waals surface area contributed by atoms with Crippen LogP contribution in [0.15, 0.2) is 30.3 Å². The van der Waals surface area contributed by atoms with Gasteiger partial charge >= 0.3 is 5.97 Å². The van der Waals surface area contributed by atoms with Crippen LogP contribution in [0, 0.1) is 6.92 Å². The van der Waals surface area contributed by atoms with E-state index in [1.165, 1.54) is 4.80 Å². The van der Waals surface area contributed by atoms with E-state index in [0.29, 0.717) is 16.2 Å². The van der Waals surface area contributed by atoms with Gasteiger partial charge in [0, 0.05) is 17.0 Å². The van der Waals surface area contributed by atoms with Crippen molar-refractivity contribution >= 4 is 28.6 Å². The molecule has 2 aromatic carbocycles. The highest BCUT2D eigenvalue weighted by molar-refractivity contribution is 6.31. The van der Waals surface area contributed by atoms with Gasteiger partial charge in [-0.2, -0.15) is 0 Å². The second-order valence-corrected chi connectivity index (χ2v) is 7.74. The lowest BCUT2D eigenvalue weighted by Gasteiger charge is -2.22. The highest BCUT2D eigenvalue weighted by Crippen LogP contribution is 2.36. The van der Waals surface area contributed by atoms with Crippen molar-refractivity contribution in [3.63, 3.8) is 0 Å². The van der Waals surface area contributed by atoms with Crippen molar-refractivity contribution in [3.8, 4) is 11.4 Å². The Morgan fingerprint density at radius 2 is 1.74 bits per heavy atom. The maximum Gasteiger partial charge on any atom is 0.303 e. The quantitative estimate of drug-likeness (QED) is 0.652. The number of aromatic nitrogens is 3. The molecule has 0 bridgehead atoms. The first kappa shape index (κ1) is 20.7. The fourth-order valence-electron chi connectivity index (χ4n) is 2.48. The number of aryl methyl sites for hydroxylation is 1. The fourth-order valence-corrected chi connectivity index (χ4v) is 2.65. The minimum absolute atomic E-state index is 0.166. The van der Waals surface area contributed by atoms with Crippen molar-refractivity contribution in [3.05, 3.63) is 46.5 Å². The summed E-state index contributed by atoms with van der Waals surface area (Å²) in [7, 11) is 0. The number of aromatic hydroxyl groups is 1. The summed E-state index contributed by atoms with van der Waals surface area (Å²) < 4.78 is 0. The lowest BCUT2D eigenvalue weighted by molar-refractivity contribution is -0.136. The molecule has 0 spiro atoms. The molecule has 144 valence electrons. The van der Waals surface area contributed by atoms with Gasteiger partial charge in [-0.05, 0) is 42.2 Å². The molecule has 0 radical (unpaired) electrons. The van der Waals surface area contributed by atoms with Crippen LogP contribution in [0.5, 0.6) is 5.75 Å². The van der Waals surface area contributed by atoms with Gasteiger partial charge in [-0.1, -0.05) is 45.4 Å². The average Bonchev–Trinajstić information content (AvgIpc) is 2.99. The van der Waals surface area contributed by atoms with Gasteiger partial charge in [0.2, 0.25) is 0 Å². The molecule has 2 N–H and O–H groups in total. The number of carboxylic acids is 1. The average molecular weight is 390 g/mol. The summed E-state index contributed by atoms with van der Waals surface area (Å²) in [6.07, 6.45) is 0.222. The third kappa shape index (κ3) is 4.98. The van der Waals surface area contributed by atoms with Crippen LogP contribution in [0.1, 0.15) is 45.2 Å². The predicted octanol–water partition coefficient (Wildman–Crippen LogP) is 4.87. The number of hydrogen-bond donors (Lipinski definition) is 2. The summed E-state index contributed by atoms with van der Waals surface area (Å²) in [6, 6.07) is 9.24. The van der Waals surface area contributed by atoms with Crippen molar-refractivity contribution in [2.75, 3.05) is 0 Å². The van der Waals surface area contributed by atoms with E-state index in [1.807, 2.05) is 25.1 Å². The smallest absolute Gasteiger partial charge is 0.303 e. The van der Waals surface area contributed by atoms with E-state index in [-0.39, 0.29) is 17.6 Å². The van der Waals surface area contributed by atoms with Crippen LogP contribution in [-0.4, -0.2) is 31.2 Å². The van der Waals surface area contributed by atoms with Gasteiger partial charge in [0.1, 0.15) is 22.5 Å². The van der Waals surface area contributed by atoms with E-state index in [1.54, 1.807) is 19.1 Å². The summed E-state index contributed by atoms with van der Waals surface area (Å²) in [6.45, 7) is 9.80. The molecule has 0 unspecified atom stereocenters. The fraction of sp³-hybridized carbons (Fsp3) is 0.350. The number of aliphatic carboxylic acids is 1. The number of halogens is 1. The Balaban J connectivity index is 0.000000465. The SMILES string of the molecule is CCC(=O)O.Cc1cc(-n2nc3ccc(Cl)cc3n2)c(O)c(C(C)(C)C)c1. The highest BCUT2D eigenvalue weighted by Gasteiger charge is 2.22. The van der Waals surface area contributed by atoms with Crippen LogP contribution < -0.4 is 0 Å². The number of hydrogen-bond acceptors (Lipinski definition) is 4. The van der Waals surface area contributed by atoms with Crippen molar-refractivity contribution < 1.29 is 15.0 Å². The number of benzene rings is 2. The molecule has 0 aliphatic rings. The van der Waals surface area contributed by atoms with E-state index < -0.39 is 5.97 Å². The van der Waals surface area contributed by atoms with Crippen LogP contribution in [0.25, 0.3) is 16.7 Å². The normalized spacial score (nSPS) is 11.2. The molecule has 0 amide bonds. The lowest BCUT2D eigenvalue weighted by Crippen LogP contribution is -2.13. The maximum absolute atomic E-state index is 10.7. The summed E-state index contributed by atoms with van der Waals surface area (Å²) >= 11 is 5.99. The highest BCUT2D eigenvalue weighted by atomic mass is 35.5. The predicted molar refractivity (Wildman–Crippen MR) is 107 cm³/mol. The first-order valence-corrected chi connectivity index (χ1v) is 8.99. The lowest BCUT2D eigenvalue weighted by atomic mass is 9.85. The van der Waals surface area contributed by atoms with E-state index in [9.17, 15) is 9.90 Å². The Morgan fingerprint density at radius 1 is 1.15 bits per heavy atom. The summed E-state index contributed by atoms with van der Waals surface area (Å²) in [4.78, 5) is 10.8. The number of rotatable bonds is 2. The van der Waals surface area contributed by atoms with Gasteiger partial charge in [0.15, 0.2) is 0 Å². The van der Waals surface area contributed by atoms with E-state index in [0.717, 1.165) is 16.6 Å². The van der Waals surface area contributed by atoms with Gasteiger partial charge in [0.25, 0.3) is 0 Å². The Hall–Kier alpha value is -2.60. The van der Waals surface area contributed by atoms with E-state index >= 15 is 0 Å². The topological polar surface area (TPSA) is 88.2 Å². The Morgan fingerprint density at radius 3 is 2.30 bits per heavy atom. The van der Waals surface area contributed by atoms with E-state index in [2.05, 4.69) is 31.0 Å². The van der Waals surface area contributed by atoms with Crippen molar-refractivity contribution in [2.24, 2.45) is 0 Å². The Labute approximate surface area is 163 Å². The Bertz CT molecular complexity index is 974. The molecular formula is C20H24ClN3O3. The standard InChI is InChI=1S/C17H18ClN3O.C3H6O2/c1-10-7-12(17(2,3)4)16(22)15(8-10)21-19-13-6-5-11(18)9-14(13)20-21;1-2-3(4)5/h5-9,22H,1-4H3;2H2,1H3,(H,4,5). The van der Waals surface area contributed by atoms with Crippen LogP contribution in [-0.2, 0) is 10.2 Å². The first-order chi connectivity index (χ1) is 12.5. The third-order valence-corrected chi connectivity index (χ3v) is 4.14. The maximum atomic E-state index is 10.7. The second-order valence-electron chi connectivity index (χ2n) is 7.30. The summed E-state index contributed by atoms with van der Waals surface area (Å²) in [5.74, 6) is -0.533. The molecule has 1 aromatic heterocycles. The molecule has 3 aromatic rings. The molecule has 1 heterocycles. The van der Waals surface area contributed by atoms with Gasteiger partial charge in [-0.3, -0.25) is 4.79 Å². The van der Waals surface area contributed by atoms with Crippen LogP contribution in [0.3, 0.4) is 0 Å². The zero-order valence-electron chi connectivity index (χ0n) is 16.1. The molecule has 0 saturated heterocycles. The van der Waals surface area contributed by atoms with Crippen molar-refractivity contribution in [1.82, 2.24) is 15.0 Å². The van der Waals surface area contributed by atoms with Crippen molar-refractivity contribution in [1.29, 1.82) is 0 Å². The minimum Gasteiger partial charge on any atom is -0.505 e. The van der Waals surface area contributed by atoms with Crippen LogP contribution >= 0.6 is 11.6 Å². The number of phenols is 1. The number of phenolic OH excluding ortho intramolecular Hbond substituents is 1. The molecule has 0 aliphatic carbocycles. The molecule has 7 heteroatoms. The summed E-state index contributed by atoms with van der Waals surface area (Å²) in [5, 5.41) is 27.9.